The van der Waals surface area contributed by atoms with Gasteiger partial charge >= 0.3 is 0 Å². The average Bonchev–Trinajstić information content (AvgIpc) is 3.56. The first-order valence-electron chi connectivity index (χ1n) is 18.9. The van der Waals surface area contributed by atoms with Gasteiger partial charge in [-0.1, -0.05) is 194 Å². The highest BCUT2D eigenvalue weighted by atomic mass is 16.5. The van der Waals surface area contributed by atoms with E-state index in [1.165, 1.54) is 22.3 Å². The Morgan fingerprint density at radius 2 is 0.696 bits per heavy atom. The lowest BCUT2D eigenvalue weighted by Gasteiger charge is -2.39. The Bertz CT molecular complexity index is 2920. The summed E-state index contributed by atoms with van der Waals surface area (Å²) in [6.07, 6.45) is 0. The van der Waals surface area contributed by atoms with Crippen molar-refractivity contribution in [1.82, 2.24) is 15.0 Å². The fraction of sp³-hybridized carbons (Fsp3) is 0.0192. The Kier molecular flexibility index (Phi) is 7.36. The van der Waals surface area contributed by atoms with Crippen LogP contribution in [0.25, 0.3) is 78.7 Å². The zero-order chi connectivity index (χ0) is 37.1. The molecule has 0 amide bonds. The van der Waals surface area contributed by atoms with Crippen molar-refractivity contribution < 1.29 is 4.74 Å². The predicted molar refractivity (Wildman–Crippen MR) is 225 cm³/mol. The van der Waals surface area contributed by atoms with Crippen LogP contribution in [-0.2, 0) is 5.60 Å². The maximum Gasteiger partial charge on any atom is 0.186 e. The van der Waals surface area contributed by atoms with E-state index in [9.17, 15) is 0 Å². The number of para-hydroxylation sites is 1. The van der Waals surface area contributed by atoms with Crippen LogP contribution < -0.4 is 4.74 Å². The van der Waals surface area contributed by atoms with Crippen molar-refractivity contribution in [2.75, 3.05) is 0 Å². The normalized spacial score (nSPS) is 14.6. The molecule has 4 nitrogen and oxygen atoms in total. The van der Waals surface area contributed by atoms with Gasteiger partial charge in [0.15, 0.2) is 23.1 Å². The van der Waals surface area contributed by atoms with Crippen LogP contribution in [0.5, 0.6) is 5.75 Å². The lowest BCUT2D eigenvalue weighted by molar-refractivity contribution is 0.157. The second kappa shape index (κ2) is 12.9. The minimum absolute atomic E-state index is 0.626. The molecule has 11 rings (SSSR count). The summed E-state index contributed by atoms with van der Waals surface area (Å²) in [5.74, 6) is 2.79. The molecule has 262 valence electrons. The fourth-order valence-corrected chi connectivity index (χ4v) is 8.54. The predicted octanol–water partition coefficient (Wildman–Crippen LogP) is 12.5. The number of benzene rings is 8. The third kappa shape index (κ3) is 5.04. The van der Waals surface area contributed by atoms with Crippen LogP contribution in [0.1, 0.15) is 16.7 Å². The lowest BCUT2D eigenvalue weighted by atomic mass is 9.77. The summed E-state index contributed by atoms with van der Waals surface area (Å²) in [5.41, 5.74) is 14.7. The molecule has 56 heavy (non-hydrogen) atoms. The maximum absolute atomic E-state index is 7.23. The minimum atomic E-state index is -0.777. The summed E-state index contributed by atoms with van der Waals surface area (Å²) in [5, 5.41) is 0. The van der Waals surface area contributed by atoms with E-state index in [1.807, 2.05) is 36.4 Å². The number of aromatic nitrogens is 3. The summed E-state index contributed by atoms with van der Waals surface area (Å²) in [6.45, 7) is 0. The lowest BCUT2D eigenvalue weighted by Crippen LogP contribution is -2.36. The Labute approximate surface area is 325 Å². The summed E-state index contributed by atoms with van der Waals surface area (Å²) < 4.78 is 7.23. The number of hydrogen-bond acceptors (Lipinski definition) is 4. The highest BCUT2D eigenvalue weighted by Gasteiger charge is 2.51. The van der Waals surface area contributed by atoms with E-state index in [4.69, 9.17) is 19.7 Å². The molecular formula is C52H33N3O. The van der Waals surface area contributed by atoms with Crippen molar-refractivity contribution in [1.29, 1.82) is 0 Å². The van der Waals surface area contributed by atoms with Gasteiger partial charge in [0, 0.05) is 38.9 Å². The number of rotatable bonds is 5. The van der Waals surface area contributed by atoms with E-state index >= 15 is 0 Å². The largest absolute Gasteiger partial charge is 0.472 e. The Morgan fingerprint density at radius 1 is 0.286 bits per heavy atom. The van der Waals surface area contributed by atoms with Crippen LogP contribution >= 0.6 is 0 Å². The van der Waals surface area contributed by atoms with Crippen molar-refractivity contribution >= 4 is 0 Å². The van der Waals surface area contributed by atoms with Crippen molar-refractivity contribution in [2.45, 2.75) is 5.60 Å². The van der Waals surface area contributed by atoms with Crippen molar-refractivity contribution in [3.8, 4) is 84.4 Å². The Hall–Kier alpha value is -7.43. The van der Waals surface area contributed by atoms with E-state index in [1.54, 1.807) is 0 Å². The molecule has 2 heterocycles. The molecule has 0 bridgehead atoms. The first-order valence-corrected chi connectivity index (χ1v) is 18.9. The molecule has 1 atom stereocenters. The van der Waals surface area contributed by atoms with Crippen LogP contribution in [0.4, 0.5) is 0 Å². The molecule has 0 N–H and O–H groups in total. The first kappa shape index (κ1) is 32.0. The van der Waals surface area contributed by atoms with Crippen LogP contribution in [0.3, 0.4) is 0 Å². The average molecular weight is 716 g/mol. The van der Waals surface area contributed by atoms with E-state index < -0.39 is 5.60 Å². The molecule has 9 aromatic rings. The molecule has 2 aliphatic rings. The van der Waals surface area contributed by atoms with Crippen LogP contribution in [0.15, 0.2) is 200 Å². The van der Waals surface area contributed by atoms with Crippen molar-refractivity contribution in [2.24, 2.45) is 0 Å². The number of fused-ring (bicyclic) bond motifs is 9. The van der Waals surface area contributed by atoms with Crippen LogP contribution in [0.2, 0.25) is 0 Å². The van der Waals surface area contributed by atoms with Gasteiger partial charge < -0.3 is 4.74 Å². The van der Waals surface area contributed by atoms with Gasteiger partial charge in [-0.2, -0.15) is 0 Å². The van der Waals surface area contributed by atoms with Gasteiger partial charge in [-0.15, -0.1) is 0 Å². The number of hydrogen-bond donors (Lipinski definition) is 0. The quantitative estimate of drug-likeness (QED) is 0.178. The third-order valence-electron chi connectivity index (χ3n) is 11.1. The molecule has 0 radical (unpaired) electrons. The SMILES string of the molecule is c1ccc(-c2ccc(-c3nc(-c4ccccc4)nc(-c4ccc(-c5cccc6c5-c5ccccc5C65Oc6ccccc6-c6ccccc65)cc4)n3)cc2)cc1. The van der Waals surface area contributed by atoms with Gasteiger partial charge in [0.1, 0.15) is 5.75 Å². The molecule has 8 aromatic carbocycles. The highest BCUT2D eigenvalue weighted by molar-refractivity contribution is 5.95. The van der Waals surface area contributed by atoms with E-state index in [-0.39, 0.29) is 0 Å². The second-order valence-corrected chi connectivity index (χ2v) is 14.3. The van der Waals surface area contributed by atoms with Gasteiger partial charge in [-0.05, 0) is 45.0 Å². The second-order valence-electron chi connectivity index (χ2n) is 14.3. The molecule has 1 spiro atoms. The smallest absolute Gasteiger partial charge is 0.186 e. The molecule has 1 aliphatic heterocycles. The molecule has 1 aromatic heterocycles. The Morgan fingerprint density at radius 3 is 1.34 bits per heavy atom. The summed E-state index contributed by atoms with van der Waals surface area (Å²) in [4.78, 5) is 15.0. The topological polar surface area (TPSA) is 47.9 Å². The molecule has 0 saturated carbocycles. The van der Waals surface area contributed by atoms with Crippen molar-refractivity contribution in [3.63, 3.8) is 0 Å². The van der Waals surface area contributed by atoms with Gasteiger partial charge in [0.05, 0.1) is 0 Å². The molecule has 1 unspecified atom stereocenters. The third-order valence-corrected chi connectivity index (χ3v) is 11.1. The van der Waals surface area contributed by atoms with Gasteiger partial charge in [0.25, 0.3) is 0 Å². The molecule has 1 aliphatic carbocycles. The summed E-state index contributed by atoms with van der Waals surface area (Å²) >= 11 is 0. The van der Waals surface area contributed by atoms with Gasteiger partial charge in [-0.25, -0.2) is 15.0 Å². The minimum Gasteiger partial charge on any atom is -0.472 e. The van der Waals surface area contributed by atoms with Gasteiger partial charge in [0.2, 0.25) is 0 Å². The maximum atomic E-state index is 7.23. The van der Waals surface area contributed by atoms with E-state index in [0.717, 1.165) is 61.4 Å². The van der Waals surface area contributed by atoms with Crippen LogP contribution in [-0.4, -0.2) is 15.0 Å². The standard InChI is InChI=1S/C52H33N3O/c1-3-14-34(15-4-1)35-26-30-38(31-27-35)50-53-49(37-16-5-2-6-17-37)54-51(55-50)39-32-28-36(29-33-39)40-21-13-24-46-48(40)43-20-8-11-23-45(43)52(46)44-22-10-7-18-41(44)42-19-9-12-25-47(42)56-52/h1-33H. The molecule has 0 fully saturated rings. The highest BCUT2D eigenvalue weighted by Crippen LogP contribution is 2.60. The number of nitrogens with zero attached hydrogens (tertiary/aromatic N) is 3. The van der Waals surface area contributed by atoms with Crippen molar-refractivity contribution in [3.05, 3.63) is 217 Å². The molecule has 4 heteroatoms. The van der Waals surface area contributed by atoms with E-state index in [2.05, 4.69) is 164 Å². The van der Waals surface area contributed by atoms with E-state index in [0.29, 0.717) is 17.5 Å². The molecule has 0 saturated heterocycles. The zero-order valence-electron chi connectivity index (χ0n) is 30.3. The summed E-state index contributed by atoms with van der Waals surface area (Å²) in [7, 11) is 0. The fourth-order valence-electron chi connectivity index (χ4n) is 8.54. The van der Waals surface area contributed by atoms with Gasteiger partial charge in [-0.3, -0.25) is 0 Å². The Balaban J connectivity index is 1.02. The summed E-state index contributed by atoms with van der Waals surface area (Å²) in [6, 6.07) is 70.0. The van der Waals surface area contributed by atoms with Crippen LogP contribution in [0, 0.1) is 0 Å². The monoisotopic (exact) mass is 715 g/mol. The number of ether oxygens (including phenoxy) is 1. The molecular weight excluding hydrogens is 683 g/mol. The first-order chi connectivity index (χ1) is 27.7. The zero-order valence-corrected chi connectivity index (χ0v) is 30.3.